The maximum Gasteiger partial charge on any atom is 0.208 e. The van der Waals surface area contributed by atoms with E-state index < -0.39 is 245 Å². The summed E-state index contributed by atoms with van der Waals surface area (Å²) in [7, 11) is 0. The molecule has 456 valence electrons. The number of benzene rings is 10. The molecule has 0 amide bonds. The zero-order valence-corrected chi connectivity index (χ0v) is 44.1. The SMILES string of the molecule is Oc1c(O)c(O)c(-c2cc(-c3c(O)c(O)c(O)c(O)c3O)cc(-c3c(O)c(O)c(N(c4ccc(-c5ccccc5)cc4)c4c(O)c(O)c(-c5cc(-c6c(O)c(O)c(O)c(O)c6O)cc(-c6c(O)c(O)c(O)c(O)c6O)c5)c(O)c4O)c(O)c3O)c2)c(O)c1O. The van der Waals surface area contributed by atoms with Crippen molar-refractivity contribution in [1.29, 1.82) is 0 Å². The van der Waals surface area contributed by atoms with Crippen LogP contribution in [0.15, 0.2) is 91.0 Å². The number of nitrogens with zero attached hydrogens (tertiary/aromatic N) is 1. The summed E-state index contributed by atoms with van der Waals surface area (Å²) >= 11 is 0. The zero-order chi connectivity index (χ0) is 65.2. The Kier molecular flexibility index (Phi) is 13.6. The molecule has 0 fully saturated rings. The molecule has 0 aliphatic heterocycles. The molecule has 0 radical (unpaired) electrons. The van der Waals surface area contributed by atoms with Gasteiger partial charge in [-0.15, -0.1) is 0 Å². The zero-order valence-electron chi connectivity index (χ0n) is 44.1. The molecule has 0 unspecified atom stereocenters. The number of hydrogen-bond acceptors (Lipinski definition) is 29. The van der Waals surface area contributed by atoms with E-state index in [1.165, 1.54) is 24.3 Å². The molecule has 0 spiro atoms. The summed E-state index contributed by atoms with van der Waals surface area (Å²) in [6.45, 7) is 0. The minimum Gasteiger partial charge on any atom is -0.504 e. The number of rotatable bonds is 10. The van der Waals surface area contributed by atoms with Crippen LogP contribution in [0.4, 0.5) is 17.1 Å². The van der Waals surface area contributed by atoms with Crippen LogP contribution < -0.4 is 4.90 Å². The maximum absolute atomic E-state index is 12.3. The number of hydrogen-bond donors (Lipinski definition) is 28. The van der Waals surface area contributed by atoms with Crippen molar-refractivity contribution >= 4 is 17.1 Å². The van der Waals surface area contributed by atoms with Gasteiger partial charge in [-0.3, -0.25) is 4.90 Å². The van der Waals surface area contributed by atoms with Crippen molar-refractivity contribution in [3.8, 4) is 239 Å². The Bertz CT molecular complexity index is 4100. The summed E-state index contributed by atoms with van der Waals surface area (Å²) in [5, 5.41) is 311. The Balaban J connectivity index is 1.26. The summed E-state index contributed by atoms with van der Waals surface area (Å²) in [6.07, 6.45) is 0. The van der Waals surface area contributed by atoms with E-state index in [9.17, 15) is 143 Å². The van der Waals surface area contributed by atoms with Gasteiger partial charge in [-0.2, -0.15) is 0 Å². The van der Waals surface area contributed by atoms with Crippen LogP contribution in [-0.4, -0.2) is 143 Å². The summed E-state index contributed by atoms with van der Waals surface area (Å²) in [5.41, 5.74) is -12.8. The Hall–Kier alpha value is -13.6. The first kappa shape index (κ1) is 58.6. The first-order valence-electron chi connectivity index (χ1n) is 24.9. The molecule has 0 saturated heterocycles. The van der Waals surface area contributed by atoms with Gasteiger partial charge in [0.05, 0.1) is 33.4 Å². The molecule has 10 aromatic carbocycles. The highest BCUT2D eigenvalue weighted by atomic mass is 16.4. The second-order valence-electron chi connectivity index (χ2n) is 19.6. The lowest BCUT2D eigenvalue weighted by Crippen LogP contribution is -2.12. The van der Waals surface area contributed by atoms with Gasteiger partial charge in [0.2, 0.25) is 69.0 Å². The molecular weight excluding hydrogens is 1180 g/mol. The van der Waals surface area contributed by atoms with Crippen LogP contribution in [0.1, 0.15) is 0 Å². The normalized spacial score (nSPS) is 11.3. The molecule has 89 heavy (non-hydrogen) atoms. The third-order valence-electron chi connectivity index (χ3n) is 14.5. The molecule has 0 aliphatic carbocycles. The second-order valence-corrected chi connectivity index (χ2v) is 19.6. The lowest BCUT2D eigenvalue weighted by atomic mass is 9.89. The fourth-order valence-corrected chi connectivity index (χ4v) is 10.1. The van der Waals surface area contributed by atoms with E-state index >= 15 is 0 Å². The third kappa shape index (κ3) is 8.64. The van der Waals surface area contributed by atoms with E-state index in [-0.39, 0.29) is 0 Å². The van der Waals surface area contributed by atoms with Crippen molar-refractivity contribution in [2.75, 3.05) is 4.90 Å². The number of aromatic hydroxyl groups is 28. The minimum absolute atomic E-state index is 0.423. The largest absolute Gasteiger partial charge is 0.504 e. The fraction of sp³-hybridized carbons (Fsp3) is 0. The quantitative estimate of drug-likeness (QED) is 0.0450. The number of phenolic OH excluding ortho intramolecular Hbond substituents is 28. The summed E-state index contributed by atoms with van der Waals surface area (Å²) < 4.78 is 0. The summed E-state index contributed by atoms with van der Waals surface area (Å²) in [5.74, 6) is -41.5. The molecular formula is C60H43NO28. The number of phenols is 28. The molecule has 0 bridgehead atoms. The van der Waals surface area contributed by atoms with Gasteiger partial charge >= 0.3 is 0 Å². The van der Waals surface area contributed by atoms with E-state index in [0.29, 0.717) is 16.0 Å². The highest BCUT2D eigenvalue weighted by Crippen LogP contribution is 2.66. The standard InChI is InChI=1S/C60H43NO28/c62-33-25(18-10-20(27-37(66)49(78)57(86)50(79)38(27)67)14-21(11-18)28-39(68)51(80)58(87)52(81)40(28)69)34(63)46(75)31(45(33)74)61(24-8-6-17(7-9-24)16-4-2-1-3-5-16)32-47(76)35(64)26(36(65)48(32)77)19-12-22(29-41(70)53(82)59(88)54(83)42(29)71)15-23(13-19)30-43(72)55(84)60(89)56(85)44(30)73/h1-15,62-89H. The van der Waals surface area contributed by atoms with E-state index in [1.54, 1.807) is 30.3 Å². The van der Waals surface area contributed by atoms with Crippen molar-refractivity contribution in [2.24, 2.45) is 0 Å². The lowest BCUT2D eigenvalue weighted by Gasteiger charge is -2.30. The molecule has 10 rings (SSSR count). The van der Waals surface area contributed by atoms with Crippen LogP contribution in [0.25, 0.3) is 77.9 Å². The van der Waals surface area contributed by atoms with Crippen LogP contribution in [0.5, 0.6) is 161 Å². The van der Waals surface area contributed by atoms with Gasteiger partial charge < -0.3 is 143 Å². The molecule has 0 heterocycles. The van der Waals surface area contributed by atoms with E-state index in [4.69, 9.17) is 0 Å². The van der Waals surface area contributed by atoms with Crippen LogP contribution in [0.2, 0.25) is 0 Å². The maximum atomic E-state index is 12.3. The molecule has 29 heteroatoms. The molecule has 0 saturated carbocycles. The summed E-state index contributed by atoms with van der Waals surface area (Å²) in [4.78, 5) is 0.423. The average Bonchev–Trinajstić information content (AvgIpc) is 1.57. The van der Waals surface area contributed by atoms with Gasteiger partial charge in [-0.25, -0.2) is 0 Å². The van der Waals surface area contributed by atoms with Gasteiger partial charge in [0.1, 0.15) is 11.4 Å². The second kappa shape index (κ2) is 20.6. The van der Waals surface area contributed by atoms with Crippen molar-refractivity contribution in [1.82, 2.24) is 0 Å². The first-order chi connectivity index (χ1) is 41.8. The minimum atomic E-state index is -1.59. The van der Waals surface area contributed by atoms with Gasteiger partial charge in [0.25, 0.3) is 0 Å². The van der Waals surface area contributed by atoms with Crippen molar-refractivity contribution in [2.45, 2.75) is 0 Å². The molecule has 10 aromatic rings. The molecule has 0 aromatic heterocycles. The Labute approximate surface area is 493 Å². The van der Waals surface area contributed by atoms with E-state index in [2.05, 4.69) is 0 Å². The van der Waals surface area contributed by atoms with Gasteiger partial charge in [0, 0.05) is 5.69 Å². The van der Waals surface area contributed by atoms with E-state index in [1.807, 2.05) is 0 Å². The number of anilines is 3. The summed E-state index contributed by atoms with van der Waals surface area (Å²) in [6, 6.07) is 18.0. The topological polar surface area (TPSA) is 570 Å². The predicted molar refractivity (Wildman–Crippen MR) is 306 cm³/mol. The van der Waals surface area contributed by atoms with Crippen molar-refractivity contribution in [3.05, 3.63) is 91.0 Å². The van der Waals surface area contributed by atoms with Gasteiger partial charge in [-0.05, 0) is 93.0 Å². The Morgan fingerprint density at radius 3 is 0.528 bits per heavy atom. The van der Waals surface area contributed by atoms with Crippen molar-refractivity contribution < 1.29 is 143 Å². The Morgan fingerprint density at radius 1 is 0.157 bits per heavy atom. The fourth-order valence-electron chi connectivity index (χ4n) is 10.1. The highest BCUT2D eigenvalue weighted by molar-refractivity contribution is 6.03. The lowest BCUT2D eigenvalue weighted by molar-refractivity contribution is 0.330. The first-order valence-corrected chi connectivity index (χ1v) is 24.9. The predicted octanol–water partition coefficient (Wildman–Crippen LogP) is 8.58. The smallest absolute Gasteiger partial charge is 0.208 e. The Morgan fingerprint density at radius 2 is 0.326 bits per heavy atom. The molecule has 0 aliphatic rings. The van der Waals surface area contributed by atoms with Crippen LogP contribution >= 0.6 is 0 Å². The highest BCUT2D eigenvalue weighted by Gasteiger charge is 2.38. The van der Waals surface area contributed by atoms with Crippen LogP contribution in [0.3, 0.4) is 0 Å². The average molecular weight is 1230 g/mol. The van der Waals surface area contributed by atoms with Crippen molar-refractivity contribution in [3.63, 3.8) is 0 Å². The third-order valence-corrected chi connectivity index (χ3v) is 14.5. The van der Waals surface area contributed by atoms with Crippen LogP contribution in [-0.2, 0) is 0 Å². The molecule has 28 N–H and O–H groups in total. The van der Waals surface area contributed by atoms with Gasteiger partial charge in [-0.1, -0.05) is 42.5 Å². The van der Waals surface area contributed by atoms with E-state index in [0.717, 1.165) is 36.4 Å². The van der Waals surface area contributed by atoms with Crippen LogP contribution in [0, 0.1) is 0 Å². The monoisotopic (exact) mass is 1230 g/mol. The molecule has 0 atom stereocenters. The molecule has 29 nitrogen and oxygen atoms in total. The van der Waals surface area contributed by atoms with Gasteiger partial charge in [0.15, 0.2) is 92.0 Å².